The summed E-state index contributed by atoms with van der Waals surface area (Å²) in [6.07, 6.45) is 1.81. The molecule has 2 rings (SSSR count). The number of hydrogen-bond donors (Lipinski definition) is 1. The molecule has 0 radical (unpaired) electrons. The molecule has 4 nitrogen and oxygen atoms in total. The molecule has 1 heterocycles. The number of rotatable bonds is 3. The lowest BCUT2D eigenvalue weighted by Crippen LogP contribution is -2.19. The van der Waals surface area contributed by atoms with Gasteiger partial charge in [-0.05, 0) is 30.2 Å². The van der Waals surface area contributed by atoms with Crippen LogP contribution in [0, 0.1) is 6.92 Å². The van der Waals surface area contributed by atoms with Gasteiger partial charge >= 0.3 is 0 Å². The summed E-state index contributed by atoms with van der Waals surface area (Å²) in [5.41, 5.74) is 7.57. The first-order chi connectivity index (χ1) is 8.56. The molecule has 0 saturated heterocycles. The number of aryl methyl sites for hydroxylation is 1. The molecular formula is C14H14N2O2. The minimum atomic E-state index is -0.450. The van der Waals surface area contributed by atoms with Gasteiger partial charge in [-0.25, -0.2) is 0 Å². The molecule has 2 aromatic rings. The summed E-state index contributed by atoms with van der Waals surface area (Å²) < 4.78 is 1.63. The third-order valence-electron chi connectivity index (χ3n) is 2.72. The molecule has 1 aromatic heterocycles. The molecule has 0 saturated carbocycles. The molecule has 0 unspecified atom stereocenters. The molecule has 0 aliphatic heterocycles. The van der Waals surface area contributed by atoms with E-state index in [1.165, 1.54) is 0 Å². The molecule has 1 aromatic carbocycles. The highest BCUT2D eigenvalue weighted by Gasteiger charge is 2.01. The Bertz CT molecular complexity index is 627. The third-order valence-corrected chi connectivity index (χ3v) is 2.72. The number of nitrogens with two attached hydrogens (primary N) is 1. The van der Waals surface area contributed by atoms with Crippen LogP contribution in [-0.4, -0.2) is 10.5 Å². The van der Waals surface area contributed by atoms with Crippen molar-refractivity contribution in [1.29, 1.82) is 0 Å². The van der Waals surface area contributed by atoms with Crippen molar-refractivity contribution in [3.63, 3.8) is 0 Å². The fraction of sp³-hybridized carbons (Fsp3) is 0.143. The number of amides is 1. The summed E-state index contributed by atoms with van der Waals surface area (Å²) in [7, 11) is 0. The van der Waals surface area contributed by atoms with E-state index in [2.05, 4.69) is 0 Å². The Hall–Kier alpha value is -2.36. The number of pyridine rings is 1. The summed E-state index contributed by atoms with van der Waals surface area (Å²) in [6.45, 7) is 2.42. The van der Waals surface area contributed by atoms with E-state index in [0.717, 1.165) is 11.1 Å². The monoisotopic (exact) mass is 242 g/mol. The van der Waals surface area contributed by atoms with Crippen molar-refractivity contribution in [3.05, 3.63) is 69.6 Å². The lowest BCUT2D eigenvalue weighted by molar-refractivity contribution is 0.100. The van der Waals surface area contributed by atoms with E-state index in [1.807, 2.05) is 13.1 Å². The standard InChI is InChI=1S/C14H14N2O2/c1-10-2-7-13(17)16(8-10)9-11-3-5-12(6-4-11)14(15)18/h2-8H,9H2,1H3,(H2,15,18). The van der Waals surface area contributed by atoms with Crippen LogP contribution in [0.3, 0.4) is 0 Å². The van der Waals surface area contributed by atoms with E-state index in [1.54, 1.807) is 41.0 Å². The fourth-order valence-electron chi connectivity index (χ4n) is 1.75. The predicted octanol–water partition coefficient (Wildman–Crippen LogP) is 1.30. The molecule has 0 aliphatic carbocycles. The smallest absolute Gasteiger partial charge is 0.250 e. The van der Waals surface area contributed by atoms with Crippen molar-refractivity contribution in [2.45, 2.75) is 13.5 Å². The van der Waals surface area contributed by atoms with E-state index in [9.17, 15) is 9.59 Å². The van der Waals surface area contributed by atoms with Crippen molar-refractivity contribution in [2.24, 2.45) is 5.73 Å². The predicted molar refractivity (Wildman–Crippen MR) is 69.5 cm³/mol. The molecule has 2 N–H and O–H groups in total. The van der Waals surface area contributed by atoms with Crippen molar-refractivity contribution < 1.29 is 4.79 Å². The number of nitrogens with zero attached hydrogens (tertiary/aromatic N) is 1. The van der Waals surface area contributed by atoms with Gasteiger partial charge in [0.15, 0.2) is 0 Å². The first-order valence-corrected chi connectivity index (χ1v) is 5.62. The van der Waals surface area contributed by atoms with Gasteiger partial charge in [0.05, 0.1) is 6.54 Å². The molecular weight excluding hydrogens is 228 g/mol. The van der Waals surface area contributed by atoms with Crippen LogP contribution < -0.4 is 11.3 Å². The molecule has 4 heteroatoms. The Morgan fingerprint density at radius 1 is 1.17 bits per heavy atom. The van der Waals surface area contributed by atoms with Crippen LogP contribution in [-0.2, 0) is 6.54 Å². The van der Waals surface area contributed by atoms with E-state index >= 15 is 0 Å². The molecule has 18 heavy (non-hydrogen) atoms. The van der Waals surface area contributed by atoms with Gasteiger partial charge in [0.2, 0.25) is 5.91 Å². The number of primary amides is 1. The average Bonchev–Trinajstić information content (AvgIpc) is 2.34. The van der Waals surface area contributed by atoms with Crippen molar-refractivity contribution in [3.8, 4) is 0 Å². The largest absolute Gasteiger partial charge is 0.366 e. The van der Waals surface area contributed by atoms with Gasteiger partial charge < -0.3 is 10.3 Å². The van der Waals surface area contributed by atoms with Crippen LogP contribution in [0.4, 0.5) is 0 Å². The number of carbonyl (C=O) groups excluding carboxylic acids is 1. The minimum absolute atomic E-state index is 0.0421. The summed E-state index contributed by atoms with van der Waals surface area (Å²) in [5.74, 6) is -0.450. The quantitative estimate of drug-likeness (QED) is 0.881. The van der Waals surface area contributed by atoms with E-state index in [0.29, 0.717) is 12.1 Å². The second-order valence-corrected chi connectivity index (χ2v) is 4.23. The molecule has 0 bridgehead atoms. The Kier molecular flexibility index (Phi) is 3.28. The zero-order valence-corrected chi connectivity index (χ0v) is 10.1. The Labute approximate surface area is 105 Å². The number of carbonyl (C=O) groups is 1. The molecule has 0 aliphatic rings. The van der Waals surface area contributed by atoms with E-state index in [4.69, 9.17) is 5.73 Å². The van der Waals surface area contributed by atoms with Gasteiger partial charge in [0.1, 0.15) is 0 Å². The van der Waals surface area contributed by atoms with Gasteiger partial charge in [-0.2, -0.15) is 0 Å². The Morgan fingerprint density at radius 3 is 2.44 bits per heavy atom. The lowest BCUT2D eigenvalue weighted by atomic mass is 10.1. The zero-order valence-electron chi connectivity index (χ0n) is 10.1. The van der Waals surface area contributed by atoms with Crippen molar-refractivity contribution in [2.75, 3.05) is 0 Å². The maximum absolute atomic E-state index is 11.6. The molecule has 0 fully saturated rings. The number of benzene rings is 1. The van der Waals surface area contributed by atoms with Crippen molar-refractivity contribution in [1.82, 2.24) is 4.57 Å². The average molecular weight is 242 g/mol. The highest BCUT2D eigenvalue weighted by Crippen LogP contribution is 2.05. The van der Waals surface area contributed by atoms with Crippen LogP contribution in [0.2, 0.25) is 0 Å². The van der Waals surface area contributed by atoms with E-state index in [-0.39, 0.29) is 5.56 Å². The highest BCUT2D eigenvalue weighted by molar-refractivity contribution is 5.92. The SMILES string of the molecule is Cc1ccc(=O)n(Cc2ccc(C(N)=O)cc2)c1. The fourth-order valence-corrected chi connectivity index (χ4v) is 1.75. The van der Waals surface area contributed by atoms with Crippen LogP contribution in [0.25, 0.3) is 0 Å². The van der Waals surface area contributed by atoms with Crippen LogP contribution in [0.15, 0.2) is 47.4 Å². The maximum Gasteiger partial charge on any atom is 0.250 e. The molecule has 0 atom stereocenters. The first kappa shape index (κ1) is 12.1. The van der Waals surface area contributed by atoms with Gasteiger partial charge in [0, 0.05) is 17.8 Å². The highest BCUT2D eigenvalue weighted by atomic mass is 16.1. The summed E-state index contributed by atoms with van der Waals surface area (Å²) in [6, 6.07) is 10.3. The Morgan fingerprint density at radius 2 is 1.83 bits per heavy atom. The van der Waals surface area contributed by atoms with Gasteiger partial charge in [0.25, 0.3) is 5.56 Å². The lowest BCUT2D eigenvalue weighted by Gasteiger charge is -2.07. The van der Waals surface area contributed by atoms with Crippen LogP contribution in [0.5, 0.6) is 0 Å². The molecule has 1 amide bonds. The van der Waals surface area contributed by atoms with Crippen molar-refractivity contribution >= 4 is 5.91 Å². The first-order valence-electron chi connectivity index (χ1n) is 5.62. The molecule has 0 spiro atoms. The number of hydrogen-bond acceptors (Lipinski definition) is 2. The summed E-state index contributed by atoms with van der Waals surface area (Å²) >= 11 is 0. The normalized spacial score (nSPS) is 10.3. The summed E-state index contributed by atoms with van der Waals surface area (Å²) in [4.78, 5) is 22.6. The maximum atomic E-state index is 11.6. The van der Waals surface area contributed by atoms with Crippen LogP contribution >= 0.6 is 0 Å². The summed E-state index contributed by atoms with van der Waals surface area (Å²) in [5, 5.41) is 0. The second kappa shape index (κ2) is 4.87. The third kappa shape index (κ3) is 2.66. The Balaban J connectivity index is 2.26. The van der Waals surface area contributed by atoms with Crippen LogP contribution in [0.1, 0.15) is 21.5 Å². The van der Waals surface area contributed by atoms with Gasteiger partial charge in [-0.15, -0.1) is 0 Å². The zero-order chi connectivity index (χ0) is 13.1. The minimum Gasteiger partial charge on any atom is -0.366 e. The van der Waals surface area contributed by atoms with Gasteiger partial charge in [-0.1, -0.05) is 18.2 Å². The second-order valence-electron chi connectivity index (χ2n) is 4.23. The van der Waals surface area contributed by atoms with E-state index < -0.39 is 5.91 Å². The topological polar surface area (TPSA) is 65.1 Å². The molecule has 92 valence electrons. The van der Waals surface area contributed by atoms with Gasteiger partial charge in [-0.3, -0.25) is 9.59 Å². The number of aromatic nitrogens is 1.